The van der Waals surface area contributed by atoms with Gasteiger partial charge in [-0.25, -0.2) is 9.18 Å². The smallest absolute Gasteiger partial charge is 0.405 e. The van der Waals surface area contributed by atoms with Crippen LogP contribution in [0.5, 0.6) is 5.75 Å². The summed E-state index contributed by atoms with van der Waals surface area (Å²) in [5.74, 6) is -0.102. The number of benzene rings is 1. The number of carbonyl (C=O) groups excluding carboxylic acids is 2. The van der Waals surface area contributed by atoms with E-state index in [0.717, 1.165) is 12.0 Å². The Balaban J connectivity index is 0.000000515. The van der Waals surface area contributed by atoms with Crippen molar-refractivity contribution in [3.63, 3.8) is 0 Å². The van der Waals surface area contributed by atoms with Gasteiger partial charge in [-0.15, -0.1) is 0 Å². The number of rotatable bonds is 5. The summed E-state index contributed by atoms with van der Waals surface area (Å²) < 4.78 is 23.3. The van der Waals surface area contributed by atoms with Crippen LogP contribution in [0.3, 0.4) is 0 Å². The van der Waals surface area contributed by atoms with E-state index in [0.29, 0.717) is 18.8 Å². The number of halogens is 1. The molecule has 1 aromatic carbocycles. The fourth-order valence-electron chi connectivity index (χ4n) is 1.54. The molecule has 0 spiro atoms. The summed E-state index contributed by atoms with van der Waals surface area (Å²) in [6.07, 6.45) is 0.542. The van der Waals surface area contributed by atoms with E-state index in [1.54, 1.807) is 33.8 Å². The minimum Gasteiger partial charge on any atom is -0.491 e. The van der Waals surface area contributed by atoms with E-state index >= 15 is 0 Å². The predicted octanol–water partition coefficient (Wildman–Crippen LogP) is 3.37. The van der Waals surface area contributed by atoms with Crippen LogP contribution in [0.25, 0.3) is 0 Å². The summed E-state index contributed by atoms with van der Waals surface area (Å²) in [6.45, 7) is 9.51. The molecule has 6 nitrogen and oxygen atoms in total. The minimum atomic E-state index is -0.725. The molecule has 0 unspecified atom stereocenters. The van der Waals surface area contributed by atoms with Gasteiger partial charge in [0.15, 0.2) is 5.82 Å². The maximum atomic E-state index is 13.4. The maximum absolute atomic E-state index is 13.4. The van der Waals surface area contributed by atoms with Gasteiger partial charge >= 0.3 is 6.09 Å². The van der Waals surface area contributed by atoms with Crippen molar-refractivity contribution in [3.05, 3.63) is 23.5 Å². The van der Waals surface area contributed by atoms with Crippen molar-refractivity contribution in [1.29, 1.82) is 0 Å². The lowest BCUT2D eigenvalue weighted by atomic mass is 10.2. The first-order valence-corrected chi connectivity index (χ1v) is 7.22. The summed E-state index contributed by atoms with van der Waals surface area (Å²) in [5, 5.41) is 2.30. The number of nitrogens with two attached hydrogens (primary N) is 1. The summed E-state index contributed by atoms with van der Waals surface area (Å²) >= 11 is 0. The lowest BCUT2D eigenvalue weighted by Gasteiger charge is -2.16. The Kier molecular flexibility index (Phi) is 8.69. The quantitative estimate of drug-likeness (QED) is 0.811. The normalized spacial score (nSPS) is 10.2. The first kappa shape index (κ1) is 20.7. The second-order valence-electron chi connectivity index (χ2n) is 5.76. The molecule has 1 aromatic rings. The van der Waals surface area contributed by atoms with Crippen molar-refractivity contribution in [1.82, 2.24) is 0 Å². The highest BCUT2D eigenvalue weighted by Crippen LogP contribution is 2.28. The first-order valence-electron chi connectivity index (χ1n) is 7.22. The fraction of sp³-hybridized carbons (Fsp3) is 0.500. The molecule has 3 N–H and O–H groups in total. The molecule has 7 heteroatoms. The second kappa shape index (κ2) is 9.66. The van der Waals surface area contributed by atoms with Gasteiger partial charge in [0, 0.05) is 0 Å². The Morgan fingerprint density at radius 3 is 2.39 bits per heavy atom. The highest BCUT2D eigenvalue weighted by Gasteiger charge is 2.12. The van der Waals surface area contributed by atoms with E-state index < -0.39 is 17.5 Å². The van der Waals surface area contributed by atoms with Gasteiger partial charge in [-0.3, -0.25) is 4.79 Å². The van der Waals surface area contributed by atoms with Gasteiger partial charge in [-0.1, -0.05) is 6.92 Å². The predicted molar refractivity (Wildman–Crippen MR) is 87.0 cm³/mol. The van der Waals surface area contributed by atoms with Gasteiger partial charge in [-0.05, 0) is 51.8 Å². The van der Waals surface area contributed by atoms with Crippen LogP contribution in [0.1, 0.15) is 39.7 Å². The first-order chi connectivity index (χ1) is 10.6. The van der Waals surface area contributed by atoms with Crippen LogP contribution in [-0.2, 0) is 9.53 Å². The molecule has 1 rings (SSSR count). The Bertz CT molecular complexity index is 528. The van der Waals surface area contributed by atoms with E-state index in [-0.39, 0.29) is 5.69 Å². The molecule has 0 aliphatic heterocycles. The fourth-order valence-corrected chi connectivity index (χ4v) is 1.54. The monoisotopic (exact) mass is 328 g/mol. The average molecular weight is 328 g/mol. The molecular weight excluding hydrogens is 303 g/mol. The Hall–Kier alpha value is -2.31. The van der Waals surface area contributed by atoms with E-state index in [1.807, 2.05) is 6.92 Å². The zero-order valence-corrected chi connectivity index (χ0v) is 14.2. The van der Waals surface area contributed by atoms with Crippen molar-refractivity contribution in [2.24, 2.45) is 5.73 Å². The standard InChI is InChI=1S/C11H14FNO2.C5H11NO2/c1-3-4-15-10-6-8(2)5-9(12)11(10)13-7-14;1-5(2,3)8-4(6)7/h5-7H,3-4H2,1-2H3,(H,13,14);1-3H3,(H2,6,7). The molecule has 0 atom stereocenters. The summed E-state index contributed by atoms with van der Waals surface area (Å²) in [5.41, 5.74) is 5.13. The zero-order valence-electron chi connectivity index (χ0n) is 14.2. The van der Waals surface area contributed by atoms with Crippen LogP contribution in [0.4, 0.5) is 14.9 Å². The highest BCUT2D eigenvalue weighted by molar-refractivity contribution is 5.76. The molecule has 0 radical (unpaired) electrons. The minimum absolute atomic E-state index is 0.101. The molecule has 0 fully saturated rings. The molecule has 0 saturated carbocycles. The van der Waals surface area contributed by atoms with Crippen molar-refractivity contribution < 1.29 is 23.5 Å². The van der Waals surface area contributed by atoms with Crippen molar-refractivity contribution in [3.8, 4) is 5.75 Å². The lowest BCUT2D eigenvalue weighted by molar-refractivity contribution is -0.105. The maximum Gasteiger partial charge on any atom is 0.405 e. The molecule has 0 aliphatic rings. The molecule has 0 bridgehead atoms. The molecule has 0 aliphatic carbocycles. The second-order valence-corrected chi connectivity index (χ2v) is 5.76. The molecule has 23 heavy (non-hydrogen) atoms. The summed E-state index contributed by atoms with van der Waals surface area (Å²) in [7, 11) is 0. The number of nitrogens with one attached hydrogen (secondary N) is 1. The number of primary amides is 1. The van der Waals surface area contributed by atoms with Crippen LogP contribution < -0.4 is 15.8 Å². The molecular formula is C16H25FN2O4. The summed E-state index contributed by atoms with van der Waals surface area (Å²) in [6, 6.07) is 3.05. The SMILES string of the molecule is CC(C)(C)OC(N)=O.CCCOc1cc(C)cc(F)c1NC=O. The number of aryl methyl sites for hydroxylation is 1. The largest absolute Gasteiger partial charge is 0.491 e. The molecule has 0 saturated heterocycles. The lowest BCUT2D eigenvalue weighted by Crippen LogP contribution is -2.27. The summed E-state index contributed by atoms with van der Waals surface area (Å²) in [4.78, 5) is 20.3. The Morgan fingerprint density at radius 2 is 2.00 bits per heavy atom. The number of hydrogen-bond acceptors (Lipinski definition) is 4. The molecule has 0 aromatic heterocycles. The molecule has 130 valence electrons. The third-order valence-corrected chi connectivity index (χ3v) is 2.27. The number of amides is 2. The average Bonchev–Trinajstić information content (AvgIpc) is 2.37. The van der Waals surface area contributed by atoms with Crippen molar-refractivity contribution in [2.75, 3.05) is 11.9 Å². The van der Waals surface area contributed by atoms with Crippen molar-refractivity contribution in [2.45, 2.75) is 46.6 Å². The number of anilines is 1. The molecule has 2 amide bonds. The van der Waals surface area contributed by atoms with E-state index in [9.17, 15) is 14.0 Å². The van der Waals surface area contributed by atoms with Crippen LogP contribution in [0.2, 0.25) is 0 Å². The van der Waals surface area contributed by atoms with Crippen LogP contribution in [0, 0.1) is 12.7 Å². The zero-order chi connectivity index (χ0) is 18.0. The number of ether oxygens (including phenoxy) is 2. The Labute approximate surface area is 136 Å². The van der Waals surface area contributed by atoms with Gasteiger partial charge in [0.1, 0.15) is 17.0 Å². The van der Waals surface area contributed by atoms with E-state index in [4.69, 9.17) is 10.5 Å². The van der Waals surface area contributed by atoms with Gasteiger partial charge in [0.2, 0.25) is 6.41 Å². The van der Waals surface area contributed by atoms with Crippen LogP contribution in [-0.4, -0.2) is 24.7 Å². The number of hydrogen-bond donors (Lipinski definition) is 2. The van der Waals surface area contributed by atoms with Crippen molar-refractivity contribution >= 4 is 18.2 Å². The molecule has 0 heterocycles. The van der Waals surface area contributed by atoms with Crippen LogP contribution in [0.15, 0.2) is 12.1 Å². The van der Waals surface area contributed by atoms with Gasteiger partial charge in [-0.2, -0.15) is 0 Å². The Morgan fingerprint density at radius 1 is 1.39 bits per heavy atom. The van der Waals surface area contributed by atoms with E-state index in [2.05, 4.69) is 10.1 Å². The number of carbonyl (C=O) groups is 2. The third-order valence-electron chi connectivity index (χ3n) is 2.27. The van der Waals surface area contributed by atoms with Gasteiger partial charge in [0.25, 0.3) is 0 Å². The van der Waals surface area contributed by atoms with Gasteiger partial charge in [0.05, 0.1) is 6.61 Å². The third kappa shape index (κ3) is 9.34. The highest BCUT2D eigenvalue weighted by atomic mass is 19.1. The van der Waals surface area contributed by atoms with E-state index in [1.165, 1.54) is 6.07 Å². The van der Waals surface area contributed by atoms with Crippen LogP contribution >= 0.6 is 0 Å². The topological polar surface area (TPSA) is 90.7 Å². The van der Waals surface area contributed by atoms with Gasteiger partial charge < -0.3 is 20.5 Å².